The smallest absolute Gasteiger partial charge is 0.303 e. The van der Waals surface area contributed by atoms with Crippen molar-refractivity contribution in [3.63, 3.8) is 0 Å². The van der Waals surface area contributed by atoms with Crippen molar-refractivity contribution in [3.8, 4) is 11.5 Å². The molecule has 19 heavy (non-hydrogen) atoms. The van der Waals surface area contributed by atoms with Gasteiger partial charge in [0.1, 0.15) is 5.82 Å². The van der Waals surface area contributed by atoms with E-state index in [1.807, 2.05) is 0 Å². The number of carbonyl (C=O) groups is 1. The molecule has 4 nitrogen and oxygen atoms in total. The van der Waals surface area contributed by atoms with Gasteiger partial charge in [0.2, 0.25) is 0 Å². The van der Waals surface area contributed by atoms with E-state index in [0.29, 0.717) is 0 Å². The lowest BCUT2D eigenvalue weighted by Crippen LogP contribution is -2.11. The van der Waals surface area contributed by atoms with Gasteiger partial charge in [0.05, 0.1) is 18.6 Å². The molecule has 2 rings (SSSR count). The molecule has 6 heteroatoms. The van der Waals surface area contributed by atoms with Crippen LogP contribution in [0.1, 0.15) is 30.7 Å². The summed E-state index contributed by atoms with van der Waals surface area (Å²) in [6.07, 6.45) is 1.41. The van der Waals surface area contributed by atoms with Gasteiger partial charge < -0.3 is 14.9 Å². The van der Waals surface area contributed by atoms with E-state index >= 15 is 0 Å². The van der Waals surface area contributed by atoms with E-state index in [0.717, 1.165) is 12.8 Å². The number of aromatic hydroxyl groups is 1. The quantitative estimate of drug-likeness (QED) is 0.873. The summed E-state index contributed by atoms with van der Waals surface area (Å²) in [4.78, 5) is 10.9. The van der Waals surface area contributed by atoms with Gasteiger partial charge in [-0.1, -0.05) is 11.6 Å². The van der Waals surface area contributed by atoms with E-state index in [4.69, 9.17) is 21.4 Å². The number of rotatable bonds is 5. The van der Waals surface area contributed by atoms with Crippen molar-refractivity contribution < 1.29 is 24.1 Å². The summed E-state index contributed by atoms with van der Waals surface area (Å²) in [7, 11) is 1.33. The Morgan fingerprint density at radius 2 is 2.26 bits per heavy atom. The molecule has 1 fully saturated rings. The Kier molecular flexibility index (Phi) is 3.85. The van der Waals surface area contributed by atoms with Gasteiger partial charge >= 0.3 is 5.97 Å². The molecule has 0 saturated heterocycles. The predicted octanol–water partition coefficient (Wildman–Crippen LogP) is 3.16. The van der Waals surface area contributed by atoms with E-state index in [1.54, 1.807) is 0 Å². The normalized spacial score (nSPS) is 16.2. The summed E-state index contributed by atoms with van der Waals surface area (Å²) < 4.78 is 19.1. The highest BCUT2D eigenvalue weighted by atomic mass is 35.5. The molecule has 1 saturated carbocycles. The third-order valence-electron chi connectivity index (χ3n) is 3.37. The molecule has 1 aliphatic rings. The van der Waals surface area contributed by atoms with Crippen LogP contribution in [0.2, 0.25) is 5.02 Å². The van der Waals surface area contributed by atoms with Crippen LogP contribution in [0.25, 0.3) is 0 Å². The van der Waals surface area contributed by atoms with Crippen LogP contribution in [0.4, 0.5) is 4.39 Å². The van der Waals surface area contributed by atoms with Crippen molar-refractivity contribution in [2.45, 2.75) is 25.2 Å². The molecule has 0 amide bonds. The number of halogens is 2. The number of phenols is 1. The third kappa shape index (κ3) is 2.76. The van der Waals surface area contributed by atoms with E-state index in [2.05, 4.69) is 0 Å². The average molecular weight is 289 g/mol. The number of methoxy groups -OCH3 is 1. The van der Waals surface area contributed by atoms with Crippen LogP contribution in [0.15, 0.2) is 6.07 Å². The fourth-order valence-corrected chi connectivity index (χ4v) is 2.50. The number of hydrogen-bond donors (Lipinski definition) is 2. The summed E-state index contributed by atoms with van der Waals surface area (Å²) in [5.74, 6) is -2.61. The van der Waals surface area contributed by atoms with Crippen LogP contribution < -0.4 is 4.74 Å². The SMILES string of the molecule is COc1cc(Cl)c(F)c(C(CC(=O)O)C2CC2)c1O. The van der Waals surface area contributed by atoms with Crippen molar-refractivity contribution in [2.24, 2.45) is 5.92 Å². The Balaban J connectivity index is 2.51. The summed E-state index contributed by atoms with van der Waals surface area (Å²) in [5, 5.41) is 18.8. The van der Waals surface area contributed by atoms with Crippen LogP contribution in [-0.4, -0.2) is 23.3 Å². The monoisotopic (exact) mass is 288 g/mol. The fourth-order valence-electron chi connectivity index (χ4n) is 2.30. The molecule has 1 aliphatic carbocycles. The second kappa shape index (κ2) is 5.25. The van der Waals surface area contributed by atoms with Crippen LogP contribution in [0, 0.1) is 11.7 Å². The highest BCUT2D eigenvalue weighted by Crippen LogP contribution is 2.50. The molecule has 0 aliphatic heterocycles. The largest absolute Gasteiger partial charge is 0.504 e. The van der Waals surface area contributed by atoms with Crippen molar-refractivity contribution in [1.82, 2.24) is 0 Å². The van der Waals surface area contributed by atoms with Crippen LogP contribution in [-0.2, 0) is 4.79 Å². The van der Waals surface area contributed by atoms with Gasteiger partial charge in [0.25, 0.3) is 0 Å². The minimum atomic E-state index is -1.03. The summed E-state index contributed by atoms with van der Waals surface area (Å²) in [5.41, 5.74) is -0.0470. The lowest BCUT2D eigenvalue weighted by atomic mass is 9.89. The minimum absolute atomic E-state index is 0.0470. The molecule has 104 valence electrons. The topological polar surface area (TPSA) is 66.8 Å². The first-order valence-corrected chi connectivity index (χ1v) is 6.30. The lowest BCUT2D eigenvalue weighted by Gasteiger charge is -2.19. The Morgan fingerprint density at radius 3 is 2.74 bits per heavy atom. The zero-order chi connectivity index (χ0) is 14.2. The molecule has 1 atom stereocenters. The molecular weight excluding hydrogens is 275 g/mol. The molecule has 1 aromatic rings. The molecule has 2 N–H and O–H groups in total. The van der Waals surface area contributed by atoms with Gasteiger partial charge in [-0.2, -0.15) is 0 Å². The highest BCUT2D eigenvalue weighted by molar-refractivity contribution is 6.31. The number of hydrogen-bond acceptors (Lipinski definition) is 3. The highest BCUT2D eigenvalue weighted by Gasteiger charge is 2.38. The fraction of sp³-hybridized carbons (Fsp3) is 0.462. The van der Waals surface area contributed by atoms with Gasteiger partial charge in [-0.3, -0.25) is 4.79 Å². The minimum Gasteiger partial charge on any atom is -0.504 e. The molecule has 0 radical (unpaired) electrons. The number of carboxylic acid groups (broad SMARTS) is 1. The van der Waals surface area contributed by atoms with Crippen LogP contribution >= 0.6 is 11.6 Å². The molecule has 0 aromatic heterocycles. The van der Waals surface area contributed by atoms with Crippen molar-refractivity contribution in [3.05, 3.63) is 22.5 Å². The zero-order valence-electron chi connectivity index (χ0n) is 10.3. The maximum atomic E-state index is 14.1. The van der Waals surface area contributed by atoms with Gasteiger partial charge in [0, 0.05) is 17.5 Å². The van der Waals surface area contributed by atoms with Crippen molar-refractivity contribution >= 4 is 17.6 Å². The third-order valence-corrected chi connectivity index (χ3v) is 3.64. The summed E-state index contributed by atoms with van der Waals surface area (Å²) >= 11 is 5.76. The van der Waals surface area contributed by atoms with Gasteiger partial charge in [0.15, 0.2) is 11.5 Å². The summed E-state index contributed by atoms with van der Waals surface area (Å²) in [6, 6.07) is 1.18. The number of aliphatic carboxylic acids is 1. The second-order valence-electron chi connectivity index (χ2n) is 4.68. The number of phenolic OH excluding ortho intramolecular Hbond substituents is 1. The van der Waals surface area contributed by atoms with E-state index in [-0.39, 0.29) is 34.4 Å². The lowest BCUT2D eigenvalue weighted by molar-refractivity contribution is -0.137. The standard InChI is InChI=1S/C13H14ClFO4/c1-19-9-5-8(14)12(15)11(13(9)18)7(4-10(16)17)6-2-3-6/h5-7,18H,2-4H2,1H3,(H,16,17). The molecule has 1 aromatic carbocycles. The molecule has 0 heterocycles. The molecular formula is C13H14ClFO4. The first-order valence-electron chi connectivity index (χ1n) is 5.92. The molecule has 0 spiro atoms. The number of carboxylic acids is 1. The van der Waals surface area contributed by atoms with Crippen LogP contribution in [0.5, 0.6) is 11.5 Å². The van der Waals surface area contributed by atoms with Crippen molar-refractivity contribution in [2.75, 3.05) is 7.11 Å². The van der Waals surface area contributed by atoms with Crippen molar-refractivity contribution in [1.29, 1.82) is 0 Å². The molecule has 1 unspecified atom stereocenters. The number of benzene rings is 1. The van der Waals surface area contributed by atoms with Crippen LogP contribution in [0.3, 0.4) is 0 Å². The zero-order valence-corrected chi connectivity index (χ0v) is 11.1. The second-order valence-corrected chi connectivity index (χ2v) is 5.09. The first-order chi connectivity index (χ1) is 8.95. The molecule has 0 bridgehead atoms. The van der Waals surface area contributed by atoms with Gasteiger partial charge in [-0.05, 0) is 18.8 Å². The first kappa shape index (κ1) is 13.9. The van der Waals surface area contributed by atoms with E-state index < -0.39 is 17.7 Å². The Morgan fingerprint density at radius 1 is 1.63 bits per heavy atom. The Bertz CT molecular complexity index is 514. The predicted molar refractivity (Wildman–Crippen MR) is 67.3 cm³/mol. The maximum Gasteiger partial charge on any atom is 0.303 e. The maximum absolute atomic E-state index is 14.1. The number of ether oxygens (including phenoxy) is 1. The average Bonchev–Trinajstić information content (AvgIpc) is 3.16. The van der Waals surface area contributed by atoms with E-state index in [1.165, 1.54) is 13.2 Å². The Labute approximate surface area is 114 Å². The summed E-state index contributed by atoms with van der Waals surface area (Å²) in [6.45, 7) is 0. The van der Waals surface area contributed by atoms with Gasteiger partial charge in [-0.15, -0.1) is 0 Å². The van der Waals surface area contributed by atoms with Gasteiger partial charge in [-0.25, -0.2) is 4.39 Å². The van der Waals surface area contributed by atoms with E-state index in [9.17, 15) is 14.3 Å². The Hall–Kier alpha value is -1.49.